The van der Waals surface area contributed by atoms with Gasteiger partial charge in [-0.3, -0.25) is 9.58 Å². The molecule has 1 fully saturated rings. The van der Waals surface area contributed by atoms with E-state index < -0.39 is 0 Å². The predicted octanol–water partition coefficient (Wildman–Crippen LogP) is 1.01. The zero-order chi connectivity index (χ0) is 10.7. The molecule has 2 rings (SSSR count). The van der Waals surface area contributed by atoms with Gasteiger partial charge in [0.2, 0.25) is 0 Å². The second-order valence-corrected chi connectivity index (χ2v) is 4.50. The molecule has 1 atom stereocenters. The largest absolute Gasteiger partial charge is 0.330 e. The SMILES string of the molecule is Cl.Cn1cc(CN2CCCC(CN)C2)cn1. The highest BCUT2D eigenvalue weighted by Gasteiger charge is 2.18. The number of hydrogen-bond acceptors (Lipinski definition) is 3. The molecule has 0 amide bonds. The molecule has 0 bridgehead atoms. The fourth-order valence-electron chi connectivity index (χ4n) is 2.30. The van der Waals surface area contributed by atoms with Gasteiger partial charge in [0.15, 0.2) is 0 Å². The Labute approximate surface area is 103 Å². The van der Waals surface area contributed by atoms with Gasteiger partial charge in [-0.25, -0.2) is 0 Å². The second-order valence-electron chi connectivity index (χ2n) is 4.50. The number of halogens is 1. The highest BCUT2D eigenvalue weighted by Crippen LogP contribution is 2.17. The summed E-state index contributed by atoms with van der Waals surface area (Å²) in [5.41, 5.74) is 7.02. The Hall–Kier alpha value is -0.580. The van der Waals surface area contributed by atoms with E-state index in [1.165, 1.54) is 24.9 Å². The van der Waals surface area contributed by atoms with Crippen LogP contribution in [0.4, 0.5) is 0 Å². The third kappa shape index (κ3) is 3.47. The van der Waals surface area contributed by atoms with Gasteiger partial charge in [-0.15, -0.1) is 12.4 Å². The normalized spacial score (nSPS) is 21.8. The van der Waals surface area contributed by atoms with Crippen molar-refractivity contribution in [3.63, 3.8) is 0 Å². The van der Waals surface area contributed by atoms with Gasteiger partial charge in [-0.2, -0.15) is 5.10 Å². The summed E-state index contributed by atoms with van der Waals surface area (Å²) in [6.45, 7) is 4.19. The number of nitrogens with two attached hydrogens (primary N) is 1. The van der Waals surface area contributed by atoms with Crippen LogP contribution >= 0.6 is 12.4 Å². The Balaban J connectivity index is 0.00000128. The van der Waals surface area contributed by atoms with Crippen molar-refractivity contribution in [3.8, 4) is 0 Å². The Bertz CT molecular complexity index is 313. The Morgan fingerprint density at radius 1 is 1.56 bits per heavy atom. The van der Waals surface area contributed by atoms with Crippen LogP contribution in [0.3, 0.4) is 0 Å². The molecule has 0 aromatic carbocycles. The number of aryl methyl sites for hydroxylation is 1. The number of rotatable bonds is 3. The van der Waals surface area contributed by atoms with Crippen LogP contribution in [0.1, 0.15) is 18.4 Å². The van der Waals surface area contributed by atoms with Crippen LogP contribution < -0.4 is 5.73 Å². The molecule has 1 aliphatic rings. The van der Waals surface area contributed by atoms with Crippen molar-refractivity contribution in [2.24, 2.45) is 18.7 Å². The first-order valence-corrected chi connectivity index (χ1v) is 5.68. The molecule has 0 saturated carbocycles. The van der Waals surface area contributed by atoms with Gasteiger partial charge in [0.05, 0.1) is 6.20 Å². The predicted molar refractivity (Wildman–Crippen MR) is 67.5 cm³/mol. The van der Waals surface area contributed by atoms with Crippen LogP contribution in [-0.2, 0) is 13.6 Å². The maximum Gasteiger partial charge on any atom is 0.0534 e. The quantitative estimate of drug-likeness (QED) is 0.864. The van der Waals surface area contributed by atoms with Gasteiger partial charge in [-0.05, 0) is 31.8 Å². The molecule has 0 radical (unpaired) electrons. The van der Waals surface area contributed by atoms with Crippen LogP contribution in [0.15, 0.2) is 12.4 Å². The lowest BCUT2D eigenvalue weighted by Crippen LogP contribution is -2.37. The first-order chi connectivity index (χ1) is 7.28. The Morgan fingerprint density at radius 3 is 3.00 bits per heavy atom. The van der Waals surface area contributed by atoms with Crippen LogP contribution in [0, 0.1) is 5.92 Å². The van der Waals surface area contributed by atoms with E-state index in [4.69, 9.17) is 5.73 Å². The molecule has 5 heteroatoms. The fourth-order valence-corrected chi connectivity index (χ4v) is 2.30. The zero-order valence-corrected chi connectivity index (χ0v) is 10.6. The van der Waals surface area contributed by atoms with E-state index in [0.717, 1.165) is 19.6 Å². The van der Waals surface area contributed by atoms with E-state index >= 15 is 0 Å². The summed E-state index contributed by atoms with van der Waals surface area (Å²) in [5, 5.41) is 4.19. The van der Waals surface area contributed by atoms with Crippen LogP contribution in [0.2, 0.25) is 0 Å². The summed E-state index contributed by atoms with van der Waals surface area (Å²) in [7, 11) is 1.96. The molecule has 4 nitrogen and oxygen atoms in total. The lowest BCUT2D eigenvalue weighted by molar-refractivity contribution is 0.171. The molecular formula is C11H21ClN4. The molecule has 1 aliphatic heterocycles. The van der Waals surface area contributed by atoms with Gasteiger partial charge >= 0.3 is 0 Å². The minimum absolute atomic E-state index is 0. The Morgan fingerprint density at radius 2 is 2.38 bits per heavy atom. The summed E-state index contributed by atoms with van der Waals surface area (Å²) in [6.07, 6.45) is 6.61. The van der Waals surface area contributed by atoms with Gasteiger partial charge in [-0.1, -0.05) is 0 Å². The van der Waals surface area contributed by atoms with Gasteiger partial charge in [0.1, 0.15) is 0 Å². The molecule has 1 unspecified atom stereocenters. The van der Waals surface area contributed by atoms with Crippen molar-refractivity contribution in [3.05, 3.63) is 18.0 Å². The third-order valence-corrected chi connectivity index (χ3v) is 3.10. The van der Waals surface area contributed by atoms with Gasteiger partial charge < -0.3 is 5.73 Å². The molecule has 0 aliphatic carbocycles. The summed E-state index contributed by atoms with van der Waals surface area (Å²) in [5.74, 6) is 0.690. The molecule has 2 heterocycles. The van der Waals surface area contributed by atoms with E-state index in [2.05, 4.69) is 16.2 Å². The van der Waals surface area contributed by atoms with E-state index in [1.807, 2.05) is 17.9 Å². The van der Waals surface area contributed by atoms with Crippen LogP contribution in [-0.4, -0.2) is 34.3 Å². The molecule has 1 aromatic heterocycles. The van der Waals surface area contributed by atoms with Crippen molar-refractivity contribution in [2.75, 3.05) is 19.6 Å². The Kier molecular flexibility index (Phi) is 5.25. The first kappa shape index (κ1) is 13.5. The van der Waals surface area contributed by atoms with Gasteiger partial charge in [0, 0.05) is 31.9 Å². The highest BCUT2D eigenvalue weighted by molar-refractivity contribution is 5.85. The standard InChI is InChI=1S/C11H20N4.ClH/c1-14-7-11(6-13-14)9-15-4-2-3-10(5-12)8-15;/h6-7,10H,2-5,8-9,12H2,1H3;1H. The molecule has 1 saturated heterocycles. The van der Waals surface area contributed by atoms with Crippen LogP contribution in [0.5, 0.6) is 0 Å². The third-order valence-electron chi connectivity index (χ3n) is 3.10. The molecule has 1 aromatic rings. The van der Waals surface area contributed by atoms with E-state index in [9.17, 15) is 0 Å². The molecule has 2 N–H and O–H groups in total. The minimum Gasteiger partial charge on any atom is -0.330 e. The summed E-state index contributed by atoms with van der Waals surface area (Å²) in [4.78, 5) is 2.48. The monoisotopic (exact) mass is 244 g/mol. The minimum atomic E-state index is 0. The molecular weight excluding hydrogens is 224 g/mol. The van der Waals surface area contributed by atoms with Crippen LogP contribution in [0.25, 0.3) is 0 Å². The zero-order valence-electron chi connectivity index (χ0n) is 9.80. The smallest absolute Gasteiger partial charge is 0.0534 e. The van der Waals surface area contributed by atoms with Crippen molar-refractivity contribution >= 4 is 12.4 Å². The number of hydrogen-bond donors (Lipinski definition) is 1. The first-order valence-electron chi connectivity index (χ1n) is 5.68. The summed E-state index contributed by atoms with van der Waals surface area (Å²) in [6, 6.07) is 0. The second kappa shape index (κ2) is 6.23. The average Bonchev–Trinajstić information content (AvgIpc) is 2.64. The number of likely N-dealkylation sites (tertiary alicyclic amines) is 1. The lowest BCUT2D eigenvalue weighted by Gasteiger charge is -2.31. The highest BCUT2D eigenvalue weighted by atomic mass is 35.5. The fraction of sp³-hybridized carbons (Fsp3) is 0.727. The summed E-state index contributed by atoms with van der Waals surface area (Å²) >= 11 is 0. The van der Waals surface area contributed by atoms with Crippen molar-refractivity contribution < 1.29 is 0 Å². The maximum absolute atomic E-state index is 5.72. The molecule has 16 heavy (non-hydrogen) atoms. The van der Waals surface area contributed by atoms with Crippen molar-refractivity contribution in [1.82, 2.24) is 14.7 Å². The molecule has 0 spiro atoms. The topological polar surface area (TPSA) is 47.1 Å². The van der Waals surface area contributed by atoms with E-state index in [-0.39, 0.29) is 12.4 Å². The van der Waals surface area contributed by atoms with E-state index in [1.54, 1.807) is 0 Å². The lowest BCUT2D eigenvalue weighted by atomic mass is 9.98. The number of aromatic nitrogens is 2. The number of nitrogens with zero attached hydrogens (tertiary/aromatic N) is 3. The van der Waals surface area contributed by atoms with Crippen molar-refractivity contribution in [2.45, 2.75) is 19.4 Å². The maximum atomic E-state index is 5.72. The molecule has 92 valence electrons. The van der Waals surface area contributed by atoms with E-state index in [0.29, 0.717) is 5.92 Å². The number of piperidine rings is 1. The van der Waals surface area contributed by atoms with Gasteiger partial charge in [0.25, 0.3) is 0 Å². The van der Waals surface area contributed by atoms with Crippen molar-refractivity contribution in [1.29, 1.82) is 0 Å². The summed E-state index contributed by atoms with van der Waals surface area (Å²) < 4.78 is 1.86. The average molecular weight is 245 g/mol.